The van der Waals surface area contributed by atoms with E-state index in [1.165, 1.54) is 14.0 Å². The van der Waals surface area contributed by atoms with E-state index in [4.69, 9.17) is 10.5 Å². The van der Waals surface area contributed by atoms with Crippen LogP contribution in [0.25, 0.3) is 0 Å². The van der Waals surface area contributed by atoms with Crippen LogP contribution in [-0.4, -0.2) is 42.6 Å². The molecule has 0 saturated carbocycles. The number of amidine groups is 1. The lowest BCUT2D eigenvalue weighted by molar-refractivity contribution is -0.139. The summed E-state index contributed by atoms with van der Waals surface area (Å²) in [5.41, 5.74) is 2.46. The van der Waals surface area contributed by atoms with E-state index in [0.717, 1.165) is 0 Å². The van der Waals surface area contributed by atoms with Gasteiger partial charge in [0.15, 0.2) is 0 Å². The largest absolute Gasteiger partial charge is 0.480 e. The van der Waals surface area contributed by atoms with Crippen LogP contribution in [-0.2, 0) is 9.63 Å². The van der Waals surface area contributed by atoms with Crippen molar-refractivity contribution in [2.24, 2.45) is 0 Å². The average Bonchev–Trinajstić information content (AvgIpc) is 2.30. The van der Waals surface area contributed by atoms with E-state index in [9.17, 15) is 9.59 Å². The second-order valence-electron chi connectivity index (χ2n) is 3.69. The van der Waals surface area contributed by atoms with Crippen molar-refractivity contribution in [3.63, 3.8) is 0 Å². The first-order valence-electron chi connectivity index (χ1n) is 5.63. The number of aliphatic carboxylic acids is 1. The number of carboxylic acid groups (broad SMARTS) is 1. The van der Waals surface area contributed by atoms with E-state index in [1.54, 1.807) is 0 Å². The van der Waals surface area contributed by atoms with E-state index >= 15 is 0 Å². The fraction of sp³-hybridized carbons (Fsp3) is 0.700. The summed E-state index contributed by atoms with van der Waals surface area (Å²) in [4.78, 5) is 26.0. The van der Waals surface area contributed by atoms with Gasteiger partial charge >= 0.3 is 12.1 Å². The lowest BCUT2D eigenvalue weighted by Gasteiger charge is -2.14. The Bertz CT molecular complexity index is 296. The molecule has 8 nitrogen and oxygen atoms in total. The van der Waals surface area contributed by atoms with Crippen LogP contribution < -0.4 is 16.1 Å². The zero-order valence-electron chi connectivity index (χ0n) is 10.6. The van der Waals surface area contributed by atoms with Gasteiger partial charge in [0, 0.05) is 13.6 Å². The summed E-state index contributed by atoms with van der Waals surface area (Å²) in [5.74, 6) is -0.848. The summed E-state index contributed by atoms with van der Waals surface area (Å²) < 4.78 is 0. The third kappa shape index (κ3) is 8.34. The highest BCUT2D eigenvalue weighted by Crippen LogP contribution is 2.01. The summed E-state index contributed by atoms with van der Waals surface area (Å²) in [6.07, 6.45) is 1.15. The Hall–Kier alpha value is -1.83. The van der Waals surface area contributed by atoms with Gasteiger partial charge in [0.2, 0.25) is 0 Å². The van der Waals surface area contributed by atoms with E-state index in [0.29, 0.717) is 25.8 Å². The minimum Gasteiger partial charge on any atom is -0.480 e. The number of carbonyl (C=O) groups excluding carboxylic acids is 1. The molecule has 1 atom stereocenters. The van der Waals surface area contributed by atoms with Gasteiger partial charge in [-0.05, 0) is 26.2 Å². The number of hydrogen-bond acceptors (Lipinski definition) is 5. The van der Waals surface area contributed by atoms with E-state index in [1.807, 2.05) is 0 Å². The Balaban J connectivity index is 3.64. The summed E-state index contributed by atoms with van der Waals surface area (Å²) in [5, 5.41) is 20.9. The molecule has 0 aromatic heterocycles. The van der Waals surface area contributed by atoms with Crippen LogP contribution in [0, 0.1) is 5.41 Å². The minimum atomic E-state index is -0.976. The number of carboxylic acids is 1. The van der Waals surface area contributed by atoms with Gasteiger partial charge in [0.05, 0.1) is 5.84 Å². The SMILES string of the molecule is CNC(=O)ONCCCC[C@H](NC(C)=N)C(=O)O. The standard InChI is InChI=1S/C10H20N4O4/c1-7(11)14-8(9(15)16)5-3-4-6-13-18-10(17)12-2/h8,13H,3-6H2,1-2H3,(H2,11,14)(H,12,17)(H,15,16)/t8-/m0/s1. The first kappa shape index (κ1) is 16.2. The second kappa shape index (κ2) is 9.23. The van der Waals surface area contributed by atoms with Crippen molar-refractivity contribution in [1.29, 1.82) is 5.41 Å². The predicted octanol–water partition coefficient (Wildman–Crippen LogP) is 0.0573. The molecule has 8 heteroatoms. The molecule has 18 heavy (non-hydrogen) atoms. The monoisotopic (exact) mass is 260 g/mol. The highest BCUT2D eigenvalue weighted by Gasteiger charge is 2.16. The van der Waals surface area contributed by atoms with Gasteiger partial charge in [-0.15, -0.1) is 0 Å². The lowest BCUT2D eigenvalue weighted by atomic mass is 10.1. The third-order valence-corrected chi connectivity index (χ3v) is 2.08. The Morgan fingerprint density at radius 2 is 2.06 bits per heavy atom. The second-order valence-corrected chi connectivity index (χ2v) is 3.69. The zero-order valence-corrected chi connectivity index (χ0v) is 10.6. The van der Waals surface area contributed by atoms with Crippen molar-refractivity contribution in [2.45, 2.75) is 32.2 Å². The number of hydroxylamine groups is 1. The Labute approximate surface area is 106 Å². The number of unbranched alkanes of at least 4 members (excludes halogenated alkanes) is 1. The Kier molecular flexibility index (Phi) is 8.29. The van der Waals surface area contributed by atoms with Gasteiger partial charge < -0.3 is 20.6 Å². The van der Waals surface area contributed by atoms with Gasteiger partial charge in [0.25, 0.3) is 0 Å². The Morgan fingerprint density at radius 1 is 1.39 bits per heavy atom. The highest BCUT2D eigenvalue weighted by atomic mass is 16.7. The normalized spacial score (nSPS) is 11.4. The van der Waals surface area contributed by atoms with Crippen molar-refractivity contribution in [3.05, 3.63) is 0 Å². The number of hydrogen-bond donors (Lipinski definition) is 5. The molecule has 0 fully saturated rings. The quantitative estimate of drug-likeness (QED) is 0.182. The third-order valence-electron chi connectivity index (χ3n) is 2.08. The van der Waals surface area contributed by atoms with Gasteiger partial charge in [-0.2, -0.15) is 5.48 Å². The molecule has 1 amide bonds. The van der Waals surface area contributed by atoms with Crippen LogP contribution in [0.2, 0.25) is 0 Å². The molecule has 0 aliphatic rings. The molecule has 0 aromatic rings. The molecular formula is C10H20N4O4. The minimum absolute atomic E-state index is 0.128. The van der Waals surface area contributed by atoms with Crippen LogP contribution in [0.4, 0.5) is 4.79 Å². The van der Waals surface area contributed by atoms with Crippen molar-refractivity contribution in [3.8, 4) is 0 Å². The molecule has 0 saturated heterocycles. The molecule has 0 aliphatic carbocycles. The average molecular weight is 260 g/mol. The van der Waals surface area contributed by atoms with Gasteiger partial charge in [0.1, 0.15) is 6.04 Å². The van der Waals surface area contributed by atoms with Crippen LogP contribution in [0.5, 0.6) is 0 Å². The Morgan fingerprint density at radius 3 is 2.56 bits per heavy atom. The summed E-state index contributed by atoms with van der Waals surface area (Å²) in [6.45, 7) is 1.94. The lowest BCUT2D eigenvalue weighted by Crippen LogP contribution is -2.39. The maximum Gasteiger partial charge on any atom is 0.425 e. The first-order chi connectivity index (χ1) is 8.47. The fourth-order valence-electron chi connectivity index (χ4n) is 1.23. The van der Waals surface area contributed by atoms with E-state index < -0.39 is 18.1 Å². The van der Waals surface area contributed by atoms with Gasteiger partial charge in [-0.25, -0.2) is 9.59 Å². The molecule has 0 aromatic carbocycles. The van der Waals surface area contributed by atoms with Crippen molar-refractivity contribution >= 4 is 17.9 Å². The molecule has 0 bridgehead atoms. The topological polar surface area (TPSA) is 124 Å². The molecule has 0 spiro atoms. The fourth-order valence-corrected chi connectivity index (χ4v) is 1.23. The van der Waals surface area contributed by atoms with E-state index in [-0.39, 0.29) is 5.84 Å². The summed E-state index contributed by atoms with van der Waals surface area (Å²) >= 11 is 0. The maximum absolute atomic E-state index is 10.8. The number of amides is 1. The highest BCUT2D eigenvalue weighted by molar-refractivity contribution is 5.83. The van der Waals surface area contributed by atoms with Crippen molar-refractivity contribution in [1.82, 2.24) is 16.1 Å². The van der Waals surface area contributed by atoms with Crippen LogP contribution in [0.1, 0.15) is 26.2 Å². The van der Waals surface area contributed by atoms with Crippen LogP contribution in [0.3, 0.4) is 0 Å². The molecule has 0 heterocycles. The number of rotatable bonds is 8. The maximum atomic E-state index is 10.8. The number of nitrogens with one attached hydrogen (secondary N) is 4. The summed E-state index contributed by atoms with van der Waals surface area (Å²) in [6, 6.07) is -0.748. The number of carbonyl (C=O) groups is 2. The van der Waals surface area contributed by atoms with E-state index in [2.05, 4.69) is 21.0 Å². The molecule has 104 valence electrons. The smallest absolute Gasteiger partial charge is 0.425 e. The predicted molar refractivity (Wildman–Crippen MR) is 65.4 cm³/mol. The molecule has 0 unspecified atom stereocenters. The zero-order chi connectivity index (χ0) is 14.0. The molecule has 5 N–H and O–H groups in total. The van der Waals surface area contributed by atoms with Crippen molar-refractivity contribution in [2.75, 3.05) is 13.6 Å². The van der Waals surface area contributed by atoms with Gasteiger partial charge in [-0.1, -0.05) is 0 Å². The molecule has 0 aliphatic heterocycles. The van der Waals surface area contributed by atoms with Crippen molar-refractivity contribution < 1.29 is 19.5 Å². The van der Waals surface area contributed by atoms with Crippen LogP contribution in [0.15, 0.2) is 0 Å². The molecule has 0 rings (SSSR count). The van der Waals surface area contributed by atoms with Gasteiger partial charge in [-0.3, -0.25) is 5.41 Å². The molecular weight excluding hydrogens is 240 g/mol. The summed E-state index contributed by atoms with van der Waals surface area (Å²) in [7, 11) is 1.45. The van der Waals surface area contributed by atoms with Crippen LogP contribution >= 0.6 is 0 Å². The first-order valence-corrected chi connectivity index (χ1v) is 5.63. The molecule has 0 radical (unpaired) electrons.